The van der Waals surface area contributed by atoms with Gasteiger partial charge in [0.05, 0.1) is 26.4 Å². The number of hydrogen-bond donors (Lipinski definition) is 2. The molecule has 16 heteroatoms. The lowest BCUT2D eigenvalue weighted by molar-refractivity contribution is 0.0981. The van der Waals surface area contributed by atoms with Gasteiger partial charge < -0.3 is 51.2 Å². The highest BCUT2D eigenvalue weighted by Gasteiger charge is 2.37. The Bertz CT molecular complexity index is 517. The minimum Gasteiger partial charge on any atom is -0.447 e. The lowest BCUT2D eigenvalue weighted by Crippen LogP contribution is -2.43. The van der Waals surface area contributed by atoms with E-state index in [9.17, 15) is 9.59 Å². The molecule has 37 heavy (non-hydrogen) atoms. The van der Waals surface area contributed by atoms with Crippen molar-refractivity contribution in [1.29, 1.82) is 0 Å². The molecule has 0 spiro atoms. The van der Waals surface area contributed by atoms with E-state index in [4.69, 9.17) is 41.1 Å². The predicted octanol–water partition coefficient (Wildman–Crippen LogP) is 1.48. The van der Waals surface area contributed by atoms with Crippen LogP contribution in [-0.4, -0.2) is 131 Å². The van der Waals surface area contributed by atoms with E-state index in [0.29, 0.717) is 51.2 Å². The summed E-state index contributed by atoms with van der Waals surface area (Å²) in [7, 11) is 7.47. The number of isocyanates is 1. The third kappa shape index (κ3) is 24.8. The molecule has 0 heterocycles. The molecule has 0 aromatic rings. The molecule has 0 rings (SSSR count). The fourth-order valence-corrected chi connectivity index (χ4v) is 5.81. The molecule has 0 fully saturated rings. The number of ether oxygens (including phenoxy) is 3. The van der Waals surface area contributed by atoms with Crippen LogP contribution in [-0.2, 0) is 45.6 Å². The number of aliphatic hydroxyl groups excluding tert-OH is 1. The minimum atomic E-state index is -2.53. The van der Waals surface area contributed by atoms with Crippen LogP contribution in [0.5, 0.6) is 0 Å². The van der Waals surface area contributed by atoms with Gasteiger partial charge in [-0.25, -0.2) is 14.6 Å². The summed E-state index contributed by atoms with van der Waals surface area (Å²) < 4.78 is 45.3. The number of amides is 1. The molecule has 224 valence electrons. The third-order valence-corrected chi connectivity index (χ3v) is 10.1. The number of methoxy groups -OCH3 is 2. The number of rotatable bonds is 19. The van der Waals surface area contributed by atoms with Gasteiger partial charge in [0.1, 0.15) is 6.61 Å². The first-order valence-corrected chi connectivity index (χ1v) is 15.0. The van der Waals surface area contributed by atoms with Gasteiger partial charge in [-0.15, -0.1) is 0 Å². The normalized spacial score (nSPS) is 10.5. The summed E-state index contributed by atoms with van der Waals surface area (Å²) >= 11 is 0. The molecule has 2 N–H and O–H groups in total. The van der Waals surface area contributed by atoms with Gasteiger partial charge in [0.2, 0.25) is 6.08 Å². The van der Waals surface area contributed by atoms with Crippen LogP contribution in [0.4, 0.5) is 4.79 Å². The van der Waals surface area contributed by atoms with Crippen molar-refractivity contribution in [3.05, 3.63) is 0 Å². The maximum Gasteiger partial charge on any atom is 0.500 e. The standard InChI is InChI=1S/C10H23NO6Si.C7H15NO4Si.C3H8O2.CH4/c1-13-7-8-17-10(12)11-6-5-9-18(14-2,15-3)16-4;1-10-13(11-2,12-3)6-4-5-8-7-9;1-5-3-2-4;/h5-9H2,1-4H3,(H,11,12);4-6H2,1-3H3;4H,2-3H2,1H3;1H4. The Morgan fingerprint density at radius 2 is 1.24 bits per heavy atom. The molecule has 1 amide bonds. The quantitative estimate of drug-likeness (QED) is 0.0984. The first-order valence-electron chi connectivity index (χ1n) is 11.1. The number of alkyl carbamates (subject to hydrolysis) is 1. The number of nitrogens with one attached hydrogen (secondary N) is 1. The zero-order valence-electron chi connectivity index (χ0n) is 23.0. The number of aliphatic imine (C=N–C) groups is 1. The van der Waals surface area contributed by atoms with E-state index < -0.39 is 23.7 Å². The molecule has 0 aromatic carbocycles. The SMILES string of the molecule is C.COCCO.COCCOC(=O)NCCC[Si](OC)(OC)OC.CO[Si](CCCN=C=O)(OC)OC. The average molecular weight is 579 g/mol. The zero-order valence-corrected chi connectivity index (χ0v) is 25.0. The van der Waals surface area contributed by atoms with Crippen LogP contribution in [0.1, 0.15) is 20.3 Å². The summed E-state index contributed by atoms with van der Waals surface area (Å²) in [5.74, 6) is 0. The molecule has 0 saturated carbocycles. The van der Waals surface area contributed by atoms with Gasteiger partial charge in [0.15, 0.2) is 0 Å². The number of carbonyl (C=O) groups excluding carboxylic acids is 2. The predicted molar refractivity (Wildman–Crippen MR) is 142 cm³/mol. The summed E-state index contributed by atoms with van der Waals surface area (Å²) in [4.78, 5) is 24.4. The molecule has 0 unspecified atom stereocenters. The Hall–Kier alpha value is -1.28. The van der Waals surface area contributed by atoms with E-state index in [1.165, 1.54) is 6.08 Å². The van der Waals surface area contributed by atoms with Crippen LogP contribution in [0.3, 0.4) is 0 Å². The van der Waals surface area contributed by atoms with Gasteiger partial charge in [-0.2, -0.15) is 0 Å². The minimum absolute atomic E-state index is 0. The van der Waals surface area contributed by atoms with Crippen molar-refractivity contribution in [2.45, 2.75) is 32.4 Å². The monoisotopic (exact) mass is 578 g/mol. The smallest absolute Gasteiger partial charge is 0.447 e. The van der Waals surface area contributed by atoms with E-state index >= 15 is 0 Å². The van der Waals surface area contributed by atoms with Crippen LogP contribution in [0.25, 0.3) is 0 Å². The van der Waals surface area contributed by atoms with Crippen LogP contribution < -0.4 is 5.32 Å². The molecule has 0 atom stereocenters. The molecule has 0 saturated heterocycles. The summed E-state index contributed by atoms with van der Waals surface area (Å²) in [6, 6.07) is 1.29. The molecular formula is C21H50N2O12Si2. The Kier molecular flexibility index (Phi) is 35.8. The van der Waals surface area contributed by atoms with Crippen LogP contribution in [0, 0.1) is 0 Å². The number of hydrogen-bond acceptors (Lipinski definition) is 13. The van der Waals surface area contributed by atoms with Crippen molar-refractivity contribution in [2.24, 2.45) is 4.99 Å². The van der Waals surface area contributed by atoms with E-state index in [-0.39, 0.29) is 20.6 Å². The first kappa shape index (κ1) is 42.8. The van der Waals surface area contributed by atoms with Gasteiger partial charge in [-0.05, 0) is 12.8 Å². The lowest BCUT2D eigenvalue weighted by atomic mass is 10.5. The summed E-state index contributed by atoms with van der Waals surface area (Å²) in [6.45, 7) is 2.12. The molecule has 0 aromatic heterocycles. The maximum absolute atomic E-state index is 11.2. The highest BCUT2D eigenvalue weighted by atomic mass is 28.4. The highest BCUT2D eigenvalue weighted by molar-refractivity contribution is 6.60. The van der Waals surface area contributed by atoms with Gasteiger partial charge in [-0.3, -0.25) is 0 Å². The van der Waals surface area contributed by atoms with E-state index in [1.54, 1.807) is 56.9 Å². The fourth-order valence-electron chi connectivity index (χ4n) is 2.39. The van der Waals surface area contributed by atoms with Crippen molar-refractivity contribution < 1.29 is 55.5 Å². The van der Waals surface area contributed by atoms with Gasteiger partial charge >= 0.3 is 23.7 Å². The number of nitrogens with zero attached hydrogens (tertiary/aromatic N) is 1. The Balaban J connectivity index is -0.000000251. The molecular weight excluding hydrogens is 528 g/mol. The molecule has 0 radical (unpaired) electrons. The zero-order chi connectivity index (χ0) is 28.1. The van der Waals surface area contributed by atoms with E-state index in [2.05, 4.69) is 15.0 Å². The molecule has 0 aliphatic rings. The van der Waals surface area contributed by atoms with Crippen molar-refractivity contribution in [2.75, 3.05) is 96.4 Å². The summed E-state index contributed by atoms with van der Waals surface area (Å²) in [5, 5.41) is 10.6. The Labute approximate surface area is 224 Å². The van der Waals surface area contributed by atoms with Crippen LogP contribution >= 0.6 is 0 Å². The third-order valence-electron chi connectivity index (χ3n) is 4.43. The lowest BCUT2D eigenvalue weighted by Gasteiger charge is -2.24. The van der Waals surface area contributed by atoms with Crippen LogP contribution in [0.2, 0.25) is 12.1 Å². The largest absolute Gasteiger partial charge is 0.500 e. The first-order chi connectivity index (χ1) is 17.3. The Morgan fingerprint density at radius 3 is 1.59 bits per heavy atom. The second-order valence-corrected chi connectivity index (χ2v) is 12.7. The maximum atomic E-state index is 11.2. The average Bonchev–Trinajstić information content (AvgIpc) is 2.91. The molecule has 0 aliphatic heterocycles. The highest BCUT2D eigenvalue weighted by Crippen LogP contribution is 2.15. The van der Waals surface area contributed by atoms with Crippen molar-refractivity contribution >= 4 is 29.8 Å². The number of carbonyl (C=O) groups is 1. The van der Waals surface area contributed by atoms with Crippen molar-refractivity contribution in [3.8, 4) is 0 Å². The fraction of sp³-hybridized carbons (Fsp3) is 0.905. The molecule has 0 aliphatic carbocycles. The second-order valence-electron chi connectivity index (χ2n) is 6.54. The van der Waals surface area contributed by atoms with Gasteiger partial charge in [-0.1, -0.05) is 7.43 Å². The molecule has 0 bridgehead atoms. The van der Waals surface area contributed by atoms with E-state index in [1.807, 2.05) is 0 Å². The molecule has 14 nitrogen and oxygen atoms in total. The second kappa shape index (κ2) is 30.9. The summed E-state index contributed by atoms with van der Waals surface area (Å²) in [6.07, 6.45) is 2.42. The van der Waals surface area contributed by atoms with Gasteiger partial charge in [0, 0.05) is 75.5 Å². The van der Waals surface area contributed by atoms with Crippen molar-refractivity contribution in [3.63, 3.8) is 0 Å². The van der Waals surface area contributed by atoms with Gasteiger partial charge in [0.25, 0.3) is 0 Å². The summed E-state index contributed by atoms with van der Waals surface area (Å²) in [5.41, 5.74) is 0. The topological polar surface area (TPSA) is 162 Å². The number of aliphatic hydroxyl groups is 1. The van der Waals surface area contributed by atoms with Crippen LogP contribution in [0.15, 0.2) is 4.99 Å². The van der Waals surface area contributed by atoms with Crippen molar-refractivity contribution in [1.82, 2.24) is 5.32 Å². The van der Waals surface area contributed by atoms with E-state index in [0.717, 1.165) is 0 Å². The Morgan fingerprint density at radius 1 is 0.784 bits per heavy atom.